The zero-order chi connectivity index (χ0) is 12.9. The van der Waals surface area contributed by atoms with E-state index < -0.39 is 9.84 Å². The Morgan fingerprint density at radius 1 is 1.29 bits per heavy atom. The second-order valence-electron chi connectivity index (χ2n) is 5.22. The molecular formula is C12H23NO3S. The normalized spacial score (nSPS) is 17.6. The van der Waals surface area contributed by atoms with Gasteiger partial charge in [0, 0.05) is 13.0 Å². The maximum absolute atomic E-state index is 11.9. The van der Waals surface area contributed by atoms with Gasteiger partial charge in [-0.05, 0) is 18.8 Å². The molecule has 0 radical (unpaired) electrons. The number of carbonyl (C=O) groups is 1. The third-order valence-corrected chi connectivity index (χ3v) is 5.39. The van der Waals surface area contributed by atoms with E-state index in [-0.39, 0.29) is 23.3 Å². The monoisotopic (exact) mass is 261 g/mol. The number of hydrogen-bond donors (Lipinski definition) is 1. The summed E-state index contributed by atoms with van der Waals surface area (Å²) >= 11 is 0. The minimum Gasteiger partial charge on any atom is -0.356 e. The van der Waals surface area contributed by atoms with E-state index >= 15 is 0 Å². The van der Waals surface area contributed by atoms with E-state index in [4.69, 9.17) is 0 Å². The van der Waals surface area contributed by atoms with Crippen LogP contribution >= 0.6 is 0 Å². The quantitative estimate of drug-likeness (QED) is 0.788. The van der Waals surface area contributed by atoms with Crippen LogP contribution in [0.1, 0.15) is 46.0 Å². The molecule has 1 amide bonds. The Labute approximate surface area is 104 Å². The van der Waals surface area contributed by atoms with E-state index in [0.29, 0.717) is 12.5 Å². The second kappa shape index (κ2) is 6.38. The van der Waals surface area contributed by atoms with Crippen molar-refractivity contribution in [1.29, 1.82) is 0 Å². The molecule has 17 heavy (non-hydrogen) atoms. The first kappa shape index (κ1) is 14.5. The van der Waals surface area contributed by atoms with Crippen LogP contribution in [0, 0.1) is 5.92 Å². The van der Waals surface area contributed by atoms with Crippen LogP contribution in [0.15, 0.2) is 0 Å². The lowest BCUT2D eigenvalue weighted by Gasteiger charge is -2.11. The molecule has 1 aliphatic rings. The molecule has 0 saturated heterocycles. The van der Waals surface area contributed by atoms with Gasteiger partial charge in [0.2, 0.25) is 5.91 Å². The topological polar surface area (TPSA) is 63.2 Å². The predicted octanol–water partition coefficient (Wildman–Crippen LogP) is 1.51. The molecular weight excluding hydrogens is 238 g/mol. The van der Waals surface area contributed by atoms with Gasteiger partial charge in [0.05, 0.1) is 11.0 Å². The van der Waals surface area contributed by atoms with Crippen molar-refractivity contribution in [1.82, 2.24) is 5.32 Å². The Morgan fingerprint density at radius 3 is 2.41 bits per heavy atom. The molecule has 4 nitrogen and oxygen atoms in total. The van der Waals surface area contributed by atoms with Gasteiger partial charge in [0.1, 0.15) is 0 Å². The Balaban J connectivity index is 2.31. The lowest BCUT2D eigenvalue weighted by molar-refractivity contribution is -0.120. The number of sulfone groups is 1. The van der Waals surface area contributed by atoms with Crippen molar-refractivity contribution >= 4 is 15.7 Å². The van der Waals surface area contributed by atoms with Crippen LogP contribution in [0.3, 0.4) is 0 Å². The average molecular weight is 261 g/mol. The summed E-state index contributed by atoms with van der Waals surface area (Å²) in [6.45, 7) is 4.63. The molecule has 0 aromatic heterocycles. The highest BCUT2D eigenvalue weighted by molar-refractivity contribution is 7.92. The van der Waals surface area contributed by atoms with Crippen LogP contribution in [0.4, 0.5) is 0 Å². The fraction of sp³-hybridized carbons (Fsp3) is 0.917. The summed E-state index contributed by atoms with van der Waals surface area (Å²) in [7, 11) is -3.05. The summed E-state index contributed by atoms with van der Waals surface area (Å²) in [4.78, 5) is 11.4. The summed E-state index contributed by atoms with van der Waals surface area (Å²) in [5, 5.41) is 2.55. The molecule has 0 spiro atoms. The van der Waals surface area contributed by atoms with Gasteiger partial charge in [-0.3, -0.25) is 4.79 Å². The van der Waals surface area contributed by atoms with Gasteiger partial charge in [-0.15, -0.1) is 0 Å². The molecule has 1 saturated carbocycles. The molecule has 5 heteroatoms. The second-order valence-corrected chi connectivity index (χ2v) is 7.62. The lowest BCUT2D eigenvalue weighted by atomic mass is 10.2. The van der Waals surface area contributed by atoms with Gasteiger partial charge in [0.15, 0.2) is 9.84 Å². The van der Waals surface area contributed by atoms with Gasteiger partial charge < -0.3 is 5.32 Å². The Hall–Kier alpha value is -0.580. The Bertz CT molecular complexity index is 343. The first-order valence-corrected chi connectivity index (χ1v) is 8.11. The van der Waals surface area contributed by atoms with E-state index in [2.05, 4.69) is 5.32 Å². The van der Waals surface area contributed by atoms with Gasteiger partial charge in [-0.25, -0.2) is 8.42 Å². The van der Waals surface area contributed by atoms with Gasteiger partial charge in [-0.2, -0.15) is 0 Å². The molecule has 0 heterocycles. The van der Waals surface area contributed by atoms with E-state index in [9.17, 15) is 13.2 Å². The molecule has 1 N–H and O–H groups in total. The Kier molecular flexibility index (Phi) is 5.43. The molecule has 0 aromatic carbocycles. The highest BCUT2D eigenvalue weighted by atomic mass is 32.2. The smallest absolute Gasteiger partial charge is 0.221 e. The average Bonchev–Trinajstić information content (AvgIpc) is 2.77. The summed E-state index contributed by atoms with van der Waals surface area (Å²) in [5.41, 5.74) is 0. The molecule has 1 aliphatic carbocycles. The minimum absolute atomic E-state index is 0.00158. The van der Waals surface area contributed by atoms with E-state index in [1.807, 2.05) is 13.8 Å². The van der Waals surface area contributed by atoms with E-state index in [0.717, 1.165) is 25.7 Å². The SMILES string of the molecule is CC(C)CNC(=O)CCS(=O)(=O)C1CCCC1. The predicted molar refractivity (Wildman–Crippen MR) is 68.5 cm³/mol. The van der Waals surface area contributed by atoms with Gasteiger partial charge in [0.25, 0.3) is 0 Å². The van der Waals surface area contributed by atoms with Crippen molar-refractivity contribution < 1.29 is 13.2 Å². The molecule has 1 rings (SSSR count). The van der Waals surface area contributed by atoms with Crippen molar-refractivity contribution in [2.45, 2.75) is 51.2 Å². The number of carbonyl (C=O) groups excluding carboxylic acids is 1. The molecule has 0 aromatic rings. The first-order chi connectivity index (χ1) is 7.92. The highest BCUT2D eigenvalue weighted by Gasteiger charge is 2.28. The maximum atomic E-state index is 11.9. The summed E-state index contributed by atoms with van der Waals surface area (Å²) < 4.78 is 23.8. The van der Waals surface area contributed by atoms with Crippen LogP contribution < -0.4 is 5.32 Å². The highest BCUT2D eigenvalue weighted by Crippen LogP contribution is 2.25. The number of hydrogen-bond acceptors (Lipinski definition) is 3. The largest absolute Gasteiger partial charge is 0.356 e. The van der Waals surface area contributed by atoms with Gasteiger partial charge >= 0.3 is 0 Å². The maximum Gasteiger partial charge on any atom is 0.221 e. The van der Waals surface area contributed by atoms with Crippen molar-refractivity contribution in [2.75, 3.05) is 12.3 Å². The zero-order valence-electron chi connectivity index (χ0n) is 10.7. The number of nitrogens with one attached hydrogen (secondary N) is 1. The molecule has 100 valence electrons. The summed E-state index contributed by atoms with van der Waals surface area (Å²) in [6.07, 6.45) is 3.66. The molecule has 0 aliphatic heterocycles. The first-order valence-electron chi connectivity index (χ1n) is 6.40. The molecule has 0 unspecified atom stereocenters. The standard InChI is InChI=1S/C12H23NO3S/c1-10(2)9-13-12(14)7-8-17(15,16)11-5-3-4-6-11/h10-11H,3-9H2,1-2H3,(H,13,14). The van der Waals surface area contributed by atoms with Crippen LogP contribution in [0.25, 0.3) is 0 Å². The van der Waals surface area contributed by atoms with E-state index in [1.54, 1.807) is 0 Å². The van der Waals surface area contributed by atoms with Crippen molar-refractivity contribution in [3.05, 3.63) is 0 Å². The number of amides is 1. The fourth-order valence-corrected chi connectivity index (χ4v) is 3.91. The lowest BCUT2D eigenvalue weighted by Crippen LogP contribution is -2.30. The number of rotatable bonds is 6. The van der Waals surface area contributed by atoms with Gasteiger partial charge in [-0.1, -0.05) is 26.7 Å². The summed E-state index contributed by atoms with van der Waals surface area (Å²) in [5.74, 6) is 0.243. The molecule has 1 fully saturated rings. The van der Waals surface area contributed by atoms with Crippen molar-refractivity contribution in [2.24, 2.45) is 5.92 Å². The summed E-state index contributed by atoms with van der Waals surface area (Å²) in [6, 6.07) is 0. The van der Waals surface area contributed by atoms with Crippen LogP contribution in [-0.4, -0.2) is 31.9 Å². The third kappa shape index (κ3) is 5.06. The van der Waals surface area contributed by atoms with Crippen molar-refractivity contribution in [3.63, 3.8) is 0 Å². The minimum atomic E-state index is -3.05. The molecule has 0 atom stereocenters. The van der Waals surface area contributed by atoms with Crippen LogP contribution in [0.2, 0.25) is 0 Å². The van der Waals surface area contributed by atoms with E-state index in [1.165, 1.54) is 0 Å². The van der Waals surface area contributed by atoms with Crippen LogP contribution in [0.5, 0.6) is 0 Å². The third-order valence-electron chi connectivity index (χ3n) is 3.13. The molecule has 0 bridgehead atoms. The fourth-order valence-electron chi connectivity index (χ4n) is 2.06. The Morgan fingerprint density at radius 2 is 1.88 bits per heavy atom. The van der Waals surface area contributed by atoms with Crippen LogP contribution in [-0.2, 0) is 14.6 Å². The zero-order valence-corrected chi connectivity index (χ0v) is 11.6. The van der Waals surface area contributed by atoms with Crippen molar-refractivity contribution in [3.8, 4) is 0 Å².